The number of piperidine rings is 1. The molecule has 32 heavy (non-hydrogen) atoms. The molecule has 2 saturated heterocycles. The highest BCUT2D eigenvalue weighted by atomic mass is 127. The Morgan fingerprint density at radius 3 is 2.50 bits per heavy atom. The van der Waals surface area contributed by atoms with Crippen molar-refractivity contribution >= 4 is 47.4 Å². The van der Waals surface area contributed by atoms with Crippen LogP contribution in [0.15, 0.2) is 33.8 Å². The molecule has 0 saturated carbocycles. The van der Waals surface area contributed by atoms with E-state index in [1.165, 1.54) is 0 Å². The van der Waals surface area contributed by atoms with Gasteiger partial charge in [0.05, 0.1) is 19.8 Å². The molecule has 0 aliphatic carbocycles. The largest absolute Gasteiger partial charge is 0.378 e. The smallest absolute Gasteiger partial charge is 0.246 e. The Hall–Kier alpha value is -1.92. The van der Waals surface area contributed by atoms with Crippen molar-refractivity contribution < 1.29 is 14.1 Å². The molecule has 11 heteroatoms. The molecule has 1 aromatic carbocycles. The lowest BCUT2D eigenvalue weighted by atomic mass is 9.95. The minimum Gasteiger partial charge on any atom is -0.378 e. The number of amides is 1. The van der Waals surface area contributed by atoms with Gasteiger partial charge in [-0.15, -0.1) is 24.0 Å². The van der Waals surface area contributed by atoms with Gasteiger partial charge in [-0.1, -0.05) is 16.8 Å². The van der Waals surface area contributed by atoms with Gasteiger partial charge in [-0.05, 0) is 37.1 Å². The number of nitrogens with zero attached hydrogens (tertiary/aromatic N) is 5. The number of ether oxygens (including phenoxy) is 1. The van der Waals surface area contributed by atoms with E-state index in [4.69, 9.17) is 20.9 Å². The molecule has 2 fully saturated rings. The summed E-state index contributed by atoms with van der Waals surface area (Å²) in [6, 6.07) is 7.29. The summed E-state index contributed by atoms with van der Waals surface area (Å²) in [4.78, 5) is 25.6. The van der Waals surface area contributed by atoms with Gasteiger partial charge in [0.25, 0.3) is 0 Å². The molecule has 4 rings (SSSR count). The van der Waals surface area contributed by atoms with E-state index in [1.807, 2.05) is 17.0 Å². The molecular formula is C21H28ClIN6O3. The van der Waals surface area contributed by atoms with E-state index in [0.29, 0.717) is 49.6 Å². The normalized spacial score (nSPS) is 17.8. The average molecular weight is 575 g/mol. The minimum atomic E-state index is 0. The van der Waals surface area contributed by atoms with Crippen LogP contribution in [0.3, 0.4) is 0 Å². The molecule has 0 atom stereocenters. The minimum absolute atomic E-state index is 0. The predicted octanol–water partition coefficient (Wildman–Crippen LogP) is 2.65. The van der Waals surface area contributed by atoms with Crippen LogP contribution in [-0.2, 0) is 16.1 Å². The molecule has 2 aliphatic rings. The first kappa shape index (κ1) is 24.7. The van der Waals surface area contributed by atoms with E-state index in [0.717, 1.165) is 37.5 Å². The van der Waals surface area contributed by atoms with Crippen LogP contribution in [0.4, 0.5) is 0 Å². The van der Waals surface area contributed by atoms with Gasteiger partial charge in [0.15, 0.2) is 5.96 Å². The molecule has 174 valence electrons. The number of aliphatic imine (C=N–C) groups is 1. The fourth-order valence-corrected chi connectivity index (χ4v) is 4.04. The number of morpholine rings is 1. The van der Waals surface area contributed by atoms with Crippen LogP contribution in [0, 0.1) is 5.92 Å². The highest BCUT2D eigenvalue weighted by Crippen LogP contribution is 2.21. The summed E-state index contributed by atoms with van der Waals surface area (Å²) < 4.78 is 10.7. The van der Waals surface area contributed by atoms with Crippen molar-refractivity contribution in [1.82, 2.24) is 25.3 Å². The summed E-state index contributed by atoms with van der Waals surface area (Å²) in [7, 11) is 1.75. The van der Waals surface area contributed by atoms with Crippen molar-refractivity contribution in [2.24, 2.45) is 10.9 Å². The molecular weight excluding hydrogens is 547 g/mol. The molecule has 2 aliphatic heterocycles. The molecule has 0 spiro atoms. The van der Waals surface area contributed by atoms with Crippen LogP contribution in [-0.4, -0.2) is 78.2 Å². The first-order valence-electron chi connectivity index (χ1n) is 10.5. The Kier molecular flexibility index (Phi) is 9.11. The fraction of sp³-hybridized carbons (Fsp3) is 0.524. The molecule has 0 unspecified atom stereocenters. The fourth-order valence-electron chi connectivity index (χ4n) is 3.91. The predicted molar refractivity (Wildman–Crippen MR) is 132 cm³/mol. The number of hydrogen-bond acceptors (Lipinski definition) is 6. The zero-order valence-corrected chi connectivity index (χ0v) is 21.1. The SMILES string of the molecule is CN=C(NCc1nc(-c2ccc(Cl)cc2)no1)N1CCC(C(=O)N2CCOCC2)CC1.I. The van der Waals surface area contributed by atoms with Crippen LogP contribution in [0.1, 0.15) is 18.7 Å². The first-order chi connectivity index (χ1) is 15.1. The number of rotatable bonds is 4. The summed E-state index contributed by atoms with van der Waals surface area (Å²) in [6.07, 6.45) is 1.64. The molecule has 1 N–H and O–H groups in total. The average Bonchev–Trinajstić information content (AvgIpc) is 3.29. The lowest BCUT2D eigenvalue weighted by Gasteiger charge is -2.36. The maximum atomic E-state index is 12.7. The van der Waals surface area contributed by atoms with Crippen molar-refractivity contribution in [3.63, 3.8) is 0 Å². The quantitative estimate of drug-likeness (QED) is 0.341. The number of carbonyl (C=O) groups excluding carboxylic acids is 1. The molecule has 0 bridgehead atoms. The second-order valence-electron chi connectivity index (χ2n) is 7.62. The third kappa shape index (κ3) is 6.10. The third-order valence-corrected chi connectivity index (χ3v) is 5.90. The van der Waals surface area contributed by atoms with Gasteiger partial charge in [-0.2, -0.15) is 4.98 Å². The van der Waals surface area contributed by atoms with E-state index >= 15 is 0 Å². The van der Waals surface area contributed by atoms with Gasteiger partial charge in [-0.3, -0.25) is 9.79 Å². The molecule has 0 radical (unpaired) electrons. The standard InChI is InChI=1S/C21H27ClN6O3.HI/c1-23-21(24-14-18-25-19(26-31-18)15-2-4-17(22)5-3-15)28-8-6-16(7-9-28)20(29)27-10-12-30-13-11-27;/h2-5,16H,6-14H2,1H3,(H,23,24);1H. The molecule has 3 heterocycles. The van der Waals surface area contributed by atoms with Crippen LogP contribution in [0.5, 0.6) is 0 Å². The monoisotopic (exact) mass is 574 g/mol. The summed E-state index contributed by atoms with van der Waals surface area (Å²) in [5, 5.41) is 7.98. The van der Waals surface area contributed by atoms with Crippen molar-refractivity contribution in [2.75, 3.05) is 46.4 Å². The lowest BCUT2D eigenvalue weighted by Crippen LogP contribution is -2.49. The third-order valence-electron chi connectivity index (χ3n) is 5.65. The van der Waals surface area contributed by atoms with Crippen LogP contribution in [0.2, 0.25) is 5.02 Å². The van der Waals surface area contributed by atoms with E-state index in [9.17, 15) is 4.79 Å². The summed E-state index contributed by atoms with van der Waals surface area (Å²) in [6.45, 7) is 4.60. The van der Waals surface area contributed by atoms with Gasteiger partial charge in [0, 0.05) is 49.7 Å². The Balaban J connectivity index is 0.00000289. The van der Waals surface area contributed by atoms with Crippen molar-refractivity contribution in [2.45, 2.75) is 19.4 Å². The number of halogens is 2. The second kappa shape index (κ2) is 11.8. The van der Waals surface area contributed by atoms with E-state index < -0.39 is 0 Å². The zero-order valence-electron chi connectivity index (χ0n) is 18.0. The van der Waals surface area contributed by atoms with Crippen molar-refractivity contribution in [1.29, 1.82) is 0 Å². The highest BCUT2D eigenvalue weighted by molar-refractivity contribution is 14.0. The van der Waals surface area contributed by atoms with Crippen LogP contribution >= 0.6 is 35.6 Å². The molecule has 1 aromatic heterocycles. The van der Waals surface area contributed by atoms with Crippen LogP contribution < -0.4 is 5.32 Å². The molecule has 2 aromatic rings. The summed E-state index contributed by atoms with van der Waals surface area (Å²) in [5.41, 5.74) is 0.843. The number of nitrogens with one attached hydrogen (secondary N) is 1. The van der Waals surface area contributed by atoms with E-state index in [-0.39, 0.29) is 35.8 Å². The number of hydrogen-bond donors (Lipinski definition) is 1. The Morgan fingerprint density at radius 1 is 1.16 bits per heavy atom. The van der Waals surface area contributed by atoms with Crippen molar-refractivity contribution in [3.8, 4) is 11.4 Å². The molecule has 9 nitrogen and oxygen atoms in total. The van der Waals surface area contributed by atoms with E-state index in [1.54, 1.807) is 19.2 Å². The van der Waals surface area contributed by atoms with E-state index in [2.05, 4.69) is 25.3 Å². The number of aromatic nitrogens is 2. The maximum Gasteiger partial charge on any atom is 0.246 e. The first-order valence-corrected chi connectivity index (χ1v) is 10.9. The topological polar surface area (TPSA) is 96.1 Å². The zero-order chi connectivity index (χ0) is 21.6. The Morgan fingerprint density at radius 2 is 1.84 bits per heavy atom. The van der Waals surface area contributed by atoms with Crippen LogP contribution in [0.25, 0.3) is 11.4 Å². The van der Waals surface area contributed by atoms with Gasteiger partial charge in [0.1, 0.15) is 0 Å². The molecule has 1 amide bonds. The number of carbonyl (C=O) groups is 1. The second-order valence-corrected chi connectivity index (χ2v) is 8.05. The summed E-state index contributed by atoms with van der Waals surface area (Å²) >= 11 is 5.93. The van der Waals surface area contributed by atoms with Gasteiger partial charge in [-0.25, -0.2) is 0 Å². The van der Waals surface area contributed by atoms with Gasteiger partial charge < -0.3 is 24.4 Å². The number of likely N-dealkylation sites (tertiary alicyclic amines) is 1. The number of guanidine groups is 1. The van der Waals surface area contributed by atoms with Gasteiger partial charge >= 0.3 is 0 Å². The number of benzene rings is 1. The van der Waals surface area contributed by atoms with Crippen molar-refractivity contribution in [3.05, 3.63) is 35.2 Å². The van der Waals surface area contributed by atoms with Gasteiger partial charge in [0.2, 0.25) is 17.6 Å². The Bertz CT molecular complexity index is 909. The lowest BCUT2D eigenvalue weighted by molar-refractivity contribution is -0.140. The maximum absolute atomic E-state index is 12.7. The summed E-state index contributed by atoms with van der Waals surface area (Å²) in [5.74, 6) is 2.09. The Labute approximate surface area is 209 Å². The highest BCUT2D eigenvalue weighted by Gasteiger charge is 2.30.